The van der Waals surface area contributed by atoms with Crippen LogP contribution in [0.25, 0.3) is 0 Å². The Morgan fingerprint density at radius 3 is 0.706 bits per heavy atom. The summed E-state index contributed by atoms with van der Waals surface area (Å²) in [6.07, 6.45) is 0. The van der Waals surface area contributed by atoms with Gasteiger partial charge in [0.25, 0.3) is 0 Å². The quantitative estimate of drug-likeness (QED) is 0.303. The summed E-state index contributed by atoms with van der Waals surface area (Å²) in [5, 5.41) is 0. The number of benzene rings is 1. The van der Waals surface area contributed by atoms with E-state index in [9.17, 15) is 0 Å². The van der Waals surface area contributed by atoms with Gasteiger partial charge < -0.3 is 1.43 Å². The first kappa shape index (κ1) is 22.2. The predicted octanol–water partition coefficient (Wildman–Crippen LogP) is -2.50. The SMILES string of the molecule is O=S(=O)(O)O.O=S(=O)(O)O.[H-].[Na+].c1ccccc1. The predicted molar refractivity (Wildman–Crippen MR) is 55.9 cm³/mol. The Bertz CT molecular complexity index is 387. The maximum absolute atomic E-state index is 8.74. The summed E-state index contributed by atoms with van der Waals surface area (Å²) < 4.78 is 63.2. The fourth-order valence-electron chi connectivity index (χ4n) is 0.385. The molecule has 0 aliphatic carbocycles. The monoisotopic (exact) mass is 298 g/mol. The van der Waals surface area contributed by atoms with Crippen molar-refractivity contribution in [3.8, 4) is 0 Å². The van der Waals surface area contributed by atoms with E-state index in [2.05, 4.69) is 0 Å². The number of rotatable bonds is 0. The minimum absolute atomic E-state index is 0. The van der Waals surface area contributed by atoms with Crippen LogP contribution in [0.1, 0.15) is 1.43 Å². The van der Waals surface area contributed by atoms with Gasteiger partial charge in [-0.05, 0) is 0 Å². The van der Waals surface area contributed by atoms with Crippen molar-refractivity contribution in [1.82, 2.24) is 0 Å². The topological polar surface area (TPSA) is 149 Å². The largest absolute Gasteiger partial charge is 1.00 e. The summed E-state index contributed by atoms with van der Waals surface area (Å²) in [6.45, 7) is 0. The van der Waals surface area contributed by atoms with E-state index in [1.54, 1.807) is 0 Å². The second-order valence-electron chi connectivity index (χ2n) is 2.05. The minimum Gasteiger partial charge on any atom is -1.00 e. The van der Waals surface area contributed by atoms with E-state index in [1.807, 2.05) is 36.4 Å². The molecule has 0 saturated carbocycles. The molecule has 0 aliphatic heterocycles. The van der Waals surface area contributed by atoms with E-state index >= 15 is 0 Å². The van der Waals surface area contributed by atoms with Crippen LogP contribution in [0.4, 0.5) is 0 Å². The van der Waals surface area contributed by atoms with Gasteiger partial charge in [-0.2, -0.15) is 16.8 Å². The molecule has 0 aliphatic rings. The Morgan fingerprint density at radius 1 is 0.588 bits per heavy atom. The Kier molecular flexibility index (Phi) is 14.4. The molecule has 0 saturated heterocycles. The van der Waals surface area contributed by atoms with Crippen LogP contribution >= 0.6 is 0 Å². The van der Waals surface area contributed by atoms with Crippen molar-refractivity contribution in [3.63, 3.8) is 0 Å². The molecule has 96 valence electrons. The Morgan fingerprint density at radius 2 is 0.647 bits per heavy atom. The van der Waals surface area contributed by atoms with Crippen LogP contribution in [-0.4, -0.2) is 35.0 Å². The van der Waals surface area contributed by atoms with Crippen LogP contribution in [-0.2, 0) is 20.8 Å². The third kappa shape index (κ3) is 87.6. The summed E-state index contributed by atoms with van der Waals surface area (Å²) in [5.41, 5.74) is 0. The summed E-state index contributed by atoms with van der Waals surface area (Å²) in [6, 6.07) is 12.0. The zero-order valence-corrected chi connectivity index (χ0v) is 12.3. The van der Waals surface area contributed by atoms with Crippen LogP contribution in [0.2, 0.25) is 0 Å². The molecule has 0 fully saturated rings. The standard InChI is InChI=1S/C6H6.Na.2H2O4S.H/c1-2-4-6-5-3-1;;2*1-5(2,3)4;/h1-6H;;2*(H2,1,2,3,4);/q;+1;;;-1. The molecule has 1 aromatic carbocycles. The van der Waals surface area contributed by atoms with Gasteiger partial charge >= 0.3 is 50.4 Å². The van der Waals surface area contributed by atoms with Crippen LogP contribution < -0.4 is 29.6 Å². The molecule has 17 heavy (non-hydrogen) atoms. The first-order valence-electron chi connectivity index (χ1n) is 3.40. The van der Waals surface area contributed by atoms with Gasteiger partial charge in [-0.25, -0.2) is 0 Å². The van der Waals surface area contributed by atoms with Crippen LogP contribution in [0, 0.1) is 0 Å². The number of hydrogen-bond donors (Lipinski definition) is 4. The van der Waals surface area contributed by atoms with Gasteiger partial charge in [0, 0.05) is 0 Å². The van der Waals surface area contributed by atoms with Gasteiger partial charge in [-0.15, -0.1) is 0 Å². The van der Waals surface area contributed by atoms with E-state index in [1.165, 1.54) is 0 Å². The Hall–Kier alpha value is -0.0400. The molecule has 0 unspecified atom stereocenters. The maximum atomic E-state index is 8.74. The van der Waals surface area contributed by atoms with E-state index < -0.39 is 20.8 Å². The van der Waals surface area contributed by atoms with E-state index in [0.717, 1.165) is 0 Å². The molecule has 0 radical (unpaired) electrons. The molecule has 0 spiro atoms. The first-order valence-corrected chi connectivity index (χ1v) is 6.19. The fourth-order valence-corrected chi connectivity index (χ4v) is 0.385. The van der Waals surface area contributed by atoms with Gasteiger partial charge in [-0.1, -0.05) is 36.4 Å². The van der Waals surface area contributed by atoms with Crippen LogP contribution in [0.15, 0.2) is 36.4 Å². The maximum Gasteiger partial charge on any atom is 1.00 e. The molecule has 0 amide bonds. The molecule has 1 aromatic rings. The molecule has 0 heterocycles. The van der Waals surface area contributed by atoms with Crippen molar-refractivity contribution in [3.05, 3.63) is 36.4 Å². The van der Waals surface area contributed by atoms with E-state index in [0.29, 0.717) is 0 Å². The zero-order chi connectivity index (χ0) is 13.2. The third-order valence-corrected chi connectivity index (χ3v) is 0.667. The van der Waals surface area contributed by atoms with Gasteiger partial charge in [0.1, 0.15) is 0 Å². The van der Waals surface area contributed by atoms with Crippen molar-refractivity contribution >= 4 is 20.8 Å². The Balaban J connectivity index is -0.0000000781. The van der Waals surface area contributed by atoms with Crippen LogP contribution in [0.5, 0.6) is 0 Å². The molecule has 0 atom stereocenters. The average Bonchev–Trinajstić information content (AvgIpc) is 2.01. The summed E-state index contributed by atoms with van der Waals surface area (Å²) in [5.74, 6) is 0. The molecular weight excluding hydrogens is 287 g/mol. The third-order valence-electron chi connectivity index (χ3n) is 0.667. The molecule has 11 heteroatoms. The van der Waals surface area contributed by atoms with Crippen molar-refractivity contribution in [2.45, 2.75) is 0 Å². The first-order chi connectivity index (χ1) is 7.00. The molecule has 8 nitrogen and oxygen atoms in total. The smallest absolute Gasteiger partial charge is 1.00 e. The zero-order valence-electron chi connectivity index (χ0n) is 9.70. The minimum atomic E-state index is -4.67. The molecule has 4 N–H and O–H groups in total. The summed E-state index contributed by atoms with van der Waals surface area (Å²) in [7, 11) is -9.33. The van der Waals surface area contributed by atoms with E-state index in [4.69, 9.17) is 35.0 Å². The fraction of sp³-hybridized carbons (Fsp3) is 0. The Labute approximate surface area is 123 Å². The molecule has 0 bridgehead atoms. The normalized spacial score (nSPS) is 9.65. The summed E-state index contributed by atoms with van der Waals surface area (Å²) >= 11 is 0. The van der Waals surface area contributed by atoms with Crippen LogP contribution in [0.3, 0.4) is 0 Å². The van der Waals surface area contributed by atoms with Crippen molar-refractivity contribution < 1.29 is 66.0 Å². The van der Waals surface area contributed by atoms with Gasteiger partial charge in [0.2, 0.25) is 0 Å². The van der Waals surface area contributed by atoms with Gasteiger partial charge in [-0.3, -0.25) is 18.2 Å². The average molecular weight is 298 g/mol. The summed E-state index contributed by atoms with van der Waals surface area (Å²) in [4.78, 5) is 0. The second-order valence-corrected chi connectivity index (χ2v) is 3.84. The van der Waals surface area contributed by atoms with Crippen molar-refractivity contribution in [1.29, 1.82) is 0 Å². The van der Waals surface area contributed by atoms with E-state index in [-0.39, 0.29) is 31.0 Å². The molecule has 1 rings (SSSR count). The van der Waals surface area contributed by atoms with Crippen molar-refractivity contribution in [2.75, 3.05) is 0 Å². The second kappa shape index (κ2) is 11.1. The molecule has 0 aromatic heterocycles. The van der Waals surface area contributed by atoms with Crippen molar-refractivity contribution in [2.24, 2.45) is 0 Å². The van der Waals surface area contributed by atoms with Gasteiger partial charge in [0.05, 0.1) is 0 Å². The number of hydrogen-bond acceptors (Lipinski definition) is 4. The van der Waals surface area contributed by atoms with Gasteiger partial charge in [0.15, 0.2) is 0 Å². The molecular formula is C6H11NaO8S2.